The second-order valence-electron chi connectivity index (χ2n) is 5.87. The van der Waals surface area contributed by atoms with Crippen molar-refractivity contribution < 1.29 is 9.53 Å². The Labute approximate surface area is 155 Å². The average Bonchev–Trinajstić information content (AvgIpc) is 2.61. The summed E-state index contributed by atoms with van der Waals surface area (Å²) in [5.41, 5.74) is 4.62. The van der Waals surface area contributed by atoms with Gasteiger partial charge in [-0.05, 0) is 55.4 Å². The van der Waals surface area contributed by atoms with E-state index in [9.17, 15) is 4.79 Å². The summed E-state index contributed by atoms with van der Waals surface area (Å²) in [5.74, 6) is 0.568. The molecule has 0 atom stereocenters. The van der Waals surface area contributed by atoms with E-state index in [1.54, 1.807) is 14.1 Å². The van der Waals surface area contributed by atoms with Gasteiger partial charge in [0.15, 0.2) is 11.7 Å². The Morgan fingerprint density at radius 2 is 1.92 bits per heavy atom. The van der Waals surface area contributed by atoms with Gasteiger partial charge in [0.2, 0.25) is 0 Å². The van der Waals surface area contributed by atoms with Crippen molar-refractivity contribution in [3.05, 3.63) is 29.8 Å². The van der Waals surface area contributed by atoms with Crippen molar-refractivity contribution in [3.8, 4) is 5.75 Å². The molecular weight excluding hydrogens is 336 g/mol. The van der Waals surface area contributed by atoms with Crippen molar-refractivity contribution in [2.24, 2.45) is 5.10 Å². The van der Waals surface area contributed by atoms with E-state index in [4.69, 9.17) is 17.0 Å². The molecule has 6 nitrogen and oxygen atoms in total. The number of benzene rings is 1. The number of nitrogens with zero attached hydrogens (tertiary/aromatic N) is 2. The van der Waals surface area contributed by atoms with Crippen LogP contribution in [-0.4, -0.2) is 48.9 Å². The van der Waals surface area contributed by atoms with Gasteiger partial charge < -0.3 is 15.0 Å². The number of hydrogen-bond acceptors (Lipinski definition) is 4. The largest absolute Gasteiger partial charge is 0.484 e. The van der Waals surface area contributed by atoms with Crippen molar-refractivity contribution >= 4 is 28.9 Å². The molecule has 2 N–H and O–H groups in total. The third kappa shape index (κ3) is 8.49. The molecule has 0 unspecified atom stereocenters. The SMILES string of the molecule is CCCCCNC(=S)N/N=C(/C)c1ccc(OCC(=O)N(C)C)cc1. The Hall–Kier alpha value is -2.15. The molecule has 0 aromatic heterocycles. The summed E-state index contributed by atoms with van der Waals surface area (Å²) in [6, 6.07) is 7.43. The Balaban J connectivity index is 2.46. The number of ether oxygens (including phenoxy) is 1. The molecule has 1 amide bonds. The molecular formula is C18H28N4O2S. The van der Waals surface area contributed by atoms with E-state index < -0.39 is 0 Å². The topological polar surface area (TPSA) is 66.0 Å². The molecule has 25 heavy (non-hydrogen) atoms. The molecule has 7 heteroatoms. The average molecular weight is 365 g/mol. The molecule has 1 rings (SSSR count). The number of carbonyl (C=O) groups is 1. The fourth-order valence-corrected chi connectivity index (χ4v) is 2.03. The van der Waals surface area contributed by atoms with Gasteiger partial charge in [0.25, 0.3) is 5.91 Å². The van der Waals surface area contributed by atoms with E-state index in [2.05, 4.69) is 22.8 Å². The van der Waals surface area contributed by atoms with E-state index in [0.29, 0.717) is 10.9 Å². The summed E-state index contributed by atoms with van der Waals surface area (Å²) in [6.45, 7) is 4.95. The number of thiocarbonyl (C=S) groups is 1. The third-order valence-electron chi connectivity index (χ3n) is 3.52. The van der Waals surface area contributed by atoms with Crippen molar-refractivity contribution in [2.75, 3.05) is 27.2 Å². The lowest BCUT2D eigenvalue weighted by Crippen LogP contribution is -2.33. The van der Waals surface area contributed by atoms with E-state index >= 15 is 0 Å². The molecule has 138 valence electrons. The Morgan fingerprint density at radius 3 is 2.52 bits per heavy atom. The lowest BCUT2D eigenvalue weighted by molar-refractivity contribution is -0.130. The number of nitrogens with one attached hydrogen (secondary N) is 2. The van der Waals surface area contributed by atoms with Crippen LogP contribution in [0, 0.1) is 0 Å². The number of rotatable bonds is 9. The summed E-state index contributed by atoms with van der Waals surface area (Å²) < 4.78 is 5.45. The van der Waals surface area contributed by atoms with Gasteiger partial charge in [-0.1, -0.05) is 19.8 Å². The minimum Gasteiger partial charge on any atom is -0.484 e. The van der Waals surface area contributed by atoms with Crippen LogP contribution in [0.4, 0.5) is 0 Å². The van der Waals surface area contributed by atoms with Crippen LogP contribution >= 0.6 is 12.2 Å². The van der Waals surface area contributed by atoms with Gasteiger partial charge in [0.05, 0.1) is 5.71 Å². The van der Waals surface area contributed by atoms with Crippen LogP contribution < -0.4 is 15.5 Å². The molecule has 0 saturated heterocycles. The monoisotopic (exact) mass is 364 g/mol. The highest BCUT2D eigenvalue weighted by Crippen LogP contribution is 2.13. The number of likely N-dealkylation sites (N-methyl/N-ethyl adjacent to an activating group) is 1. The Bertz CT molecular complexity index is 585. The van der Waals surface area contributed by atoms with Gasteiger partial charge in [-0.15, -0.1) is 0 Å². The van der Waals surface area contributed by atoms with E-state index in [1.807, 2.05) is 31.2 Å². The Kier molecular flexibility index (Phi) is 9.54. The summed E-state index contributed by atoms with van der Waals surface area (Å²) in [7, 11) is 3.40. The first-order chi connectivity index (χ1) is 11.9. The van der Waals surface area contributed by atoms with Gasteiger partial charge in [-0.25, -0.2) is 0 Å². The second-order valence-corrected chi connectivity index (χ2v) is 6.28. The normalized spacial score (nSPS) is 11.0. The molecule has 0 aliphatic carbocycles. The number of hydrogen-bond donors (Lipinski definition) is 2. The zero-order valence-corrected chi connectivity index (χ0v) is 16.3. The highest BCUT2D eigenvalue weighted by atomic mass is 32.1. The maximum Gasteiger partial charge on any atom is 0.259 e. The van der Waals surface area contributed by atoms with Crippen LogP contribution in [0.1, 0.15) is 38.7 Å². The van der Waals surface area contributed by atoms with Gasteiger partial charge in [0.1, 0.15) is 5.75 Å². The smallest absolute Gasteiger partial charge is 0.259 e. The summed E-state index contributed by atoms with van der Waals surface area (Å²) in [5, 5.41) is 7.93. The third-order valence-corrected chi connectivity index (χ3v) is 3.76. The van der Waals surface area contributed by atoms with Gasteiger partial charge in [-0.2, -0.15) is 5.10 Å². The first-order valence-electron chi connectivity index (χ1n) is 8.45. The number of unbranched alkanes of at least 4 members (excludes halogenated alkanes) is 2. The van der Waals surface area contributed by atoms with E-state index in [-0.39, 0.29) is 12.5 Å². The molecule has 0 aliphatic rings. The van der Waals surface area contributed by atoms with Crippen molar-refractivity contribution in [2.45, 2.75) is 33.1 Å². The van der Waals surface area contributed by atoms with Gasteiger partial charge in [0, 0.05) is 20.6 Å². The first kappa shape index (κ1) is 20.9. The molecule has 1 aromatic rings. The van der Waals surface area contributed by atoms with Crippen LogP contribution in [-0.2, 0) is 4.79 Å². The number of amides is 1. The fourth-order valence-electron chi connectivity index (χ4n) is 1.88. The zero-order valence-electron chi connectivity index (χ0n) is 15.5. The molecule has 0 spiro atoms. The van der Waals surface area contributed by atoms with Crippen LogP contribution in [0.5, 0.6) is 5.75 Å². The molecule has 0 bridgehead atoms. The zero-order chi connectivity index (χ0) is 18.7. The maximum absolute atomic E-state index is 11.5. The quantitative estimate of drug-likeness (QED) is 0.305. The van der Waals surface area contributed by atoms with Crippen LogP contribution in [0.25, 0.3) is 0 Å². The minimum absolute atomic E-state index is 0.0267. The molecule has 0 radical (unpaired) electrons. The van der Waals surface area contributed by atoms with Gasteiger partial charge in [-0.3, -0.25) is 10.2 Å². The molecule has 0 fully saturated rings. The van der Waals surface area contributed by atoms with Crippen LogP contribution in [0.3, 0.4) is 0 Å². The highest BCUT2D eigenvalue weighted by molar-refractivity contribution is 7.80. The fraction of sp³-hybridized carbons (Fsp3) is 0.500. The van der Waals surface area contributed by atoms with Gasteiger partial charge >= 0.3 is 0 Å². The predicted octanol–water partition coefficient (Wildman–Crippen LogP) is 2.53. The van der Waals surface area contributed by atoms with E-state index in [1.165, 1.54) is 17.7 Å². The van der Waals surface area contributed by atoms with Crippen molar-refractivity contribution in [3.63, 3.8) is 0 Å². The lowest BCUT2D eigenvalue weighted by Gasteiger charge is -2.11. The second kappa shape index (κ2) is 11.4. The summed E-state index contributed by atoms with van der Waals surface area (Å²) in [6.07, 6.45) is 3.47. The van der Waals surface area contributed by atoms with E-state index in [0.717, 1.165) is 24.2 Å². The number of hydrazone groups is 1. The standard InChI is InChI=1S/C18H28N4O2S/c1-5-6-7-12-19-18(25)21-20-14(2)15-8-10-16(11-9-15)24-13-17(23)22(3)4/h8-11H,5-7,12-13H2,1-4H3,(H2,19,21,25)/b20-14-. The lowest BCUT2D eigenvalue weighted by atomic mass is 10.1. The maximum atomic E-state index is 11.5. The molecule has 0 heterocycles. The first-order valence-corrected chi connectivity index (χ1v) is 8.86. The number of carbonyl (C=O) groups excluding carboxylic acids is 1. The summed E-state index contributed by atoms with van der Waals surface area (Å²) >= 11 is 5.19. The van der Waals surface area contributed by atoms with Crippen LogP contribution in [0.2, 0.25) is 0 Å². The summed E-state index contributed by atoms with van der Waals surface area (Å²) in [4.78, 5) is 13.0. The Morgan fingerprint density at radius 1 is 1.24 bits per heavy atom. The van der Waals surface area contributed by atoms with Crippen molar-refractivity contribution in [1.29, 1.82) is 0 Å². The van der Waals surface area contributed by atoms with Crippen molar-refractivity contribution in [1.82, 2.24) is 15.6 Å². The molecule has 1 aromatic carbocycles. The highest BCUT2D eigenvalue weighted by Gasteiger charge is 2.05. The molecule has 0 aliphatic heterocycles. The predicted molar refractivity (Wildman–Crippen MR) is 106 cm³/mol. The molecule has 0 saturated carbocycles. The van der Waals surface area contributed by atoms with Crippen LogP contribution in [0.15, 0.2) is 29.4 Å². The minimum atomic E-state index is -0.0778.